The maximum atomic E-state index is 13.1. The van der Waals surface area contributed by atoms with E-state index in [1.807, 2.05) is 25.1 Å². The summed E-state index contributed by atoms with van der Waals surface area (Å²) >= 11 is 1.66. The summed E-state index contributed by atoms with van der Waals surface area (Å²) in [5.74, 6) is 0. The molecule has 3 heterocycles. The highest BCUT2D eigenvalue weighted by molar-refractivity contribution is 7.89. The molecule has 1 saturated heterocycles. The summed E-state index contributed by atoms with van der Waals surface area (Å²) in [5.41, 5.74) is 1.86. The molecule has 1 aromatic carbocycles. The summed E-state index contributed by atoms with van der Waals surface area (Å²) in [5, 5.41) is 0.895. The molecular weight excluding hydrogens is 408 g/mol. The van der Waals surface area contributed by atoms with E-state index in [2.05, 4.69) is 4.90 Å². The van der Waals surface area contributed by atoms with Crippen LogP contribution in [0.5, 0.6) is 5.06 Å². The van der Waals surface area contributed by atoms with Gasteiger partial charge in [-0.05, 0) is 43.0 Å². The maximum absolute atomic E-state index is 13.1. The normalized spacial score (nSPS) is 18.5. The molecule has 0 unspecified atom stereocenters. The van der Waals surface area contributed by atoms with Crippen molar-refractivity contribution in [2.24, 2.45) is 0 Å². The molecule has 0 bridgehead atoms. The monoisotopic (exact) mass is 436 g/mol. The first-order valence-electron chi connectivity index (χ1n) is 10.1. The average molecular weight is 437 g/mol. The van der Waals surface area contributed by atoms with Gasteiger partial charge in [0.1, 0.15) is 0 Å². The number of fused-ring (bicyclic) bond motifs is 1. The van der Waals surface area contributed by atoms with Gasteiger partial charge in [0.15, 0.2) is 5.06 Å². The first-order valence-corrected chi connectivity index (χ1v) is 12.4. The van der Waals surface area contributed by atoms with Crippen LogP contribution >= 0.6 is 11.3 Å². The zero-order valence-electron chi connectivity index (χ0n) is 16.8. The minimum absolute atomic E-state index is 0.401. The van der Waals surface area contributed by atoms with Gasteiger partial charge < -0.3 is 9.47 Å². The van der Waals surface area contributed by atoms with Gasteiger partial charge in [0.2, 0.25) is 10.0 Å². The van der Waals surface area contributed by atoms with Crippen molar-refractivity contribution in [3.63, 3.8) is 0 Å². The second-order valence-corrected chi connectivity index (χ2v) is 10.5. The lowest BCUT2D eigenvalue weighted by atomic mass is 10.1. The zero-order valence-corrected chi connectivity index (χ0v) is 18.4. The minimum atomic E-state index is -3.48. The molecule has 2 aliphatic heterocycles. The van der Waals surface area contributed by atoms with Gasteiger partial charge in [0.25, 0.3) is 0 Å². The number of benzene rings is 1. The Morgan fingerprint density at radius 1 is 1.17 bits per heavy atom. The van der Waals surface area contributed by atoms with E-state index in [1.165, 1.54) is 4.88 Å². The van der Waals surface area contributed by atoms with Crippen LogP contribution in [0.25, 0.3) is 0 Å². The first kappa shape index (κ1) is 20.8. The predicted octanol–water partition coefficient (Wildman–Crippen LogP) is 2.90. The predicted molar refractivity (Wildman–Crippen MR) is 114 cm³/mol. The molecule has 0 amide bonds. The Labute approximate surface area is 177 Å². The number of hydrogen-bond acceptors (Lipinski definition) is 6. The molecule has 0 N–H and O–H groups in total. The number of nitrogens with zero attached hydrogens (tertiary/aromatic N) is 2. The quantitative estimate of drug-likeness (QED) is 0.625. The van der Waals surface area contributed by atoms with E-state index in [-0.39, 0.29) is 0 Å². The van der Waals surface area contributed by atoms with Crippen LogP contribution in [0.2, 0.25) is 0 Å². The Balaban J connectivity index is 1.34. The molecule has 1 fully saturated rings. The van der Waals surface area contributed by atoms with Gasteiger partial charge in [-0.1, -0.05) is 18.2 Å². The van der Waals surface area contributed by atoms with Crippen LogP contribution in [0.1, 0.15) is 22.4 Å². The van der Waals surface area contributed by atoms with E-state index in [9.17, 15) is 8.42 Å². The van der Waals surface area contributed by atoms with Crippen molar-refractivity contribution >= 4 is 21.4 Å². The molecule has 2 aromatic rings. The largest absolute Gasteiger partial charge is 0.484 e. The summed E-state index contributed by atoms with van der Waals surface area (Å²) < 4.78 is 39.1. The molecular formula is C21H28N2O4S2. The van der Waals surface area contributed by atoms with Crippen molar-refractivity contribution in [2.75, 3.05) is 46.0 Å². The Kier molecular flexibility index (Phi) is 6.56. The molecule has 1 aromatic heterocycles. The topological polar surface area (TPSA) is 59.1 Å². The fourth-order valence-electron chi connectivity index (χ4n) is 3.83. The van der Waals surface area contributed by atoms with E-state index >= 15 is 0 Å². The van der Waals surface area contributed by atoms with E-state index in [4.69, 9.17) is 9.47 Å². The summed E-state index contributed by atoms with van der Waals surface area (Å²) in [4.78, 5) is 4.04. The van der Waals surface area contributed by atoms with Gasteiger partial charge in [-0.2, -0.15) is 4.31 Å². The van der Waals surface area contributed by atoms with Crippen LogP contribution in [0.4, 0.5) is 0 Å². The molecule has 0 saturated carbocycles. The molecule has 158 valence electrons. The van der Waals surface area contributed by atoms with E-state index < -0.39 is 10.0 Å². The summed E-state index contributed by atoms with van der Waals surface area (Å²) in [6.45, 7) is 8.12. The van der Waals surface area contributed by atoms with Gasteiger partial charge in [0.05, 0.1) is 24.7 Å². The Morgan fingerprint density at radius 3 is 2.76 bits per heavy atom. The van der Waals surface area contributed by atoms with E-state index in [0.717, 1.165) is 61.9 Å². The van der Waals surface area contributed by atoms with Gasteiger partial charge >= 0.3 is 0 Å². The van der Waals surface area contributed by atoms with Crippen LogP contribution < -0.4 is 4.74 Å². The molecule has 0 aliphatic carbocycles. The van der Waals surface area contributed by atoms with Crippen molar-refractivity contribution < 1.29 is 17.9 Å². The number of thiophene rings is 1. The molecule has 0 radical (unpaired) electrons. The number of sulfonamides is 1. The molecule has 0 spiro atoms. The zero-order chi connectivity index (χ0) is 20.3. The maximum Gasteiger partial charge on any atom is 0.243 e. The number of rotatable bonds is 7. The number of aryl methyl sites for hydroxylation is 1. The lowest BCUT2D eigenvalue weighted by Gasteiger charge is -2.26. The number of ether oxygens (including phenoxy) is 2. The van der Waals surface area contributed by atoms with E-state index in [1.54, 1.807) is 27.8 Å². The van der Waals surface area contributed by atoms with Gasteiger partial charge in [-0.3, -0.25) is 4.90 Å². The molecule has 29 heavy (non-hydrogen) atoms. The third kappa shape index (κ3) is 4.83. The van der Waals surface area contributed by atoms with Crippen LogP contribution in [-0.2, 0) is 27.7 Å². The smallest absolute Gasteiger partial charge is 0.243 e. The van der Waals surface area contributed by atoms with Gasteiger partial charge in [-0.15, -0.1) is 11.3 Å². The number of hydrogen-bond donors (Lipinski definition) is 0. The Morgan fingerprint density at radius 2 is 1.97 bits per heavy atom. The highest BCUT2D eigenvalue weighted by Crippen LogP contribution is 2.35. The SMILES string of the molecule is Cc1ccccc1S(=O)(=O)N1CCc2sc(OCCCN3CCOCC3)cc2C1. The Hall–Kier alpha value is -1.45. The van der Waals surface area contributed by atoms with Gasteiger partial charge in [-0.25, -0.2) is 8.42 Å². The van der Waals surface area contributed by atoms with Crippen LogP contribution in [-0.4, -0.2) is 63.6 Å². The van der Waals surface area contributed by atoms with Crippen molar-refractivity contribution in [3.8, 4) is 5.06 Å². The minimum Gasteiger partial charge on any atom is -0.484 e. The van der Waals surface area contributed by atoms with Crippen LogP contribution in [0.15, 0.2) is 35.2 Å². The van der Waals surface area contributed by atoms with Crippen molar-refractivity contribution in [3.05, 3.63) is 46.3 Å². The second kappa shape index (κ2) is 9.14. The highest BCUT2D eigenvalue weighted by Gasteiger charge is 2.30. The fourth-order valence-corrected chi connectivity index (χ4v) is 6.51. The third-order valence-electron chi connectivity index (χ3n) is 5.49. The highest BCUT2D eigenvalue weighted by atomic mass is 32.2. The van der Waals surface area contributed by atoms with Crippen LogP contribution in [0.3, 0.4) is 0 Å². The fraction of sp³-hybridized carbons (Fsp3) is 0.524. The standard InChI is InChI=1S/C21H28N2O4S2/c1-17-5-2-3-6-20(17)29(24,25)23-9-7-19-18(16-23)15-21(28-19)27-12-4-8-22-10-13-26-14-11-22/h2-3,5-6,15H,4,7-14,16H2,1H3. The average Bonchev–Trinajstić information content (AvgIpc) is 3.14. The first-order chi connectivity index (χ1) is 14.0. The van der Waals surface area contributed by atoms with Crippen molar-refractivity contribution in [1.82, 2.24) is 9.21 Å². The molecule has 6 nitrogen and oxygen atoms in total. The lowest BCUT2D eigenvalue weighted by molar-refractivity contribution is 0.0358. The molecule has 2 aliphatic rings. The van der Waals surface area contributed by atoms with Crippen LogP contribution in [0, 0.1) is 6.92 Å². The summed E-state index contributed by atoms with van der Waals surface area (Å²) in [6.07, 6.45) is 1.72. The number of morpholine rings is 1. The lowest BCUT2D eigenvalue weighted by Crippen LogP contribution is -2.37. The summed E-state index contributed by atoms with van der Waals surface area (Å²) in [7, 11) is -3.48. The van der Waals surface area contributed by atoms with Gasteiger partial charge in [0, 0.05) is 37.6 Å². The van der Waals surface area contributed by atoms with Crippen molar-refractivity contribution in [1.29, 1.82) is 0 Å². The third-order valence-corrected chi connectivity index (χ3v) is 8.64. The second-order valence-electron chi connectivity index (χ2n) is 7.52. The summed E-state index contributed by atoms with van der Waals surface area (Å²) in [6, 6.07) is 9.20. The van der Waals surface area contributed by atoms with E-state index in [0.29, 0.717) is 24.6 Å². The Bertz CT molecular complexity index is 936. The molecule has 4 rings (SSSR count). The molecule has 8 heteroatoms. The molecule has 0 atom stereocenters. The van der Waals surface area contributed by atoms with Crippen molar-refractivity contribution in [2.45, 2.75) is 31.2 Å².